The van der Waals surface area contributed by atoms with E-state index in [-0.39, 0.29) is 0 Å². The van der Waals surface area contributed by atoms with Crippen molar-refractivity contribution in [1.82, 2.24) is 9.97 Å². The number of fused-ring (bicyclic) bond motifs is 1. The minimum Gasteiger partial charge on any atom is -0.476 e. The van der Waals surface area contributed by atoms with Crippen molar-refractivity contribution >= 4 is 22.4 Å². The van der Waals surface area contributed by atoms with Gasteiger partial charge in [0.25, 0.3) is 0 Å². The van der Waals surface area contributed by atoms with Crippen LogP contribution < -0.4 is 4.74 Å². The minimum atomic E-state index is 0.661. The number of aromatic nitrogens is 2. The van der Waals surface area contributed by atoms with E-state index in [1.807, 2.05) is 29.0 Å². The molecular formula is C25H34N2OS. The number of nitrogens with zero attached hydrogens (tertiary/aromatic N) is 2. The third-order valence-electron chi connectivity index (χ3n) is 5.31. The topological polar surface area (TPSA) is 35.0 Å². The van der Waals surface area contributed by atoms with Crippen LogP contribution in [0, 0.1) is 0 Å². The Morgan fingerprint density at radius 3 is 1.97 bits per heavy atom. The van der Waals surface area contributed by atoms with Crippen LogP contribution in [0.1, 0.15) is 77.6 Å². The molecule has 0 unspecified atom stereocenters. The zero-order valence-electron chi connectivity index (χ0n) is 17.7. The van der Waals surface area contributed by atoms with E-state index in [0.717, 1.165) is 28.7 Å². The van der Waals surface area contributed by atoms with Gasteiger partial charge >= 0.3 is 0 Å². The standard InChI is InChI=1S/C25H34N2OS/c1-2-3-4-5-6-7-8-9-10-11-15-18-28-25-24(21-16-13-12-14-17-21)26-22-19-29-20-23(22)27-25/h12-14,16-17,19-20H,2-11,15,18H2,1H3. The van der Waals surface area contributed by atoms with Gasteiger partial charge in [0, 0.05) is 16.3 Å². The molecule has 0 aliphatic heterocycles. The molecule has 0 aliphatic carbocycles. The van der Waals surface area contributed by atoms with E-state index in [2.05, 4.69) is 19.1 Å². The molecule has 0 fully saturated rings. The van der Waals surface area contributed by atoms with Gasteiger partial charge in [-0.3, -0.25) is 0 Å². The second-order valence-corrected chi connectivity index (χ2v) is 8.51. The van der Waals surface area contributed by atoms with Crippen molar-refractivity contribution in [2.24, 2.45) is 0 Å². The van der Waals surface area contributed by atoms with Crippen LogP contribution in [0.4, 0.5) is 0 Å². The Kier molecular flexibility index (Phi) is 9.44. The molecule has 0 atom stereocenters. The van der Waals surface area contributed by atoms with Crippen LogP contribution in [0.5, 0.6) is 5.88 Å². The first-order chi connectivity index (χ1) is 14.4. The SMILES string of the molecule is CCCCCCCCCCCCCOc1nc2cscc2nc1-c1ccccc1. The number of hydrogen-bond donors (Lipinski definition) is 0. The summed E-state index contributed by atoms with van der Waals surface area (Å²) in [7, 11) is 0. The summed E-state index contributed by atoms with van der Waals surface area (Å²) >= 11 is 1.63. The summed E-state index contributed by atoms with van der Waals surface area (Å²) in [6, 6.07) is 10.2. The number of hydrogen-bond acceptors (Lipinski definition) is 4. The van der Waals surface area contributed by atoms with Crippen LogP contribution in [0.2, 0.25) is 0 Å². The lowest BCUT2D eigenvalue weighted by molar-refractivity contribution is 0.294. The van der Waals surface area contributed by atoms with Crippen LogP contribution in [-0.2, 0) is 0 Å². The Bertz CT molecular complexity index is 831. The van der Waals surface area contributed by atoms with Gasteiger partial charge in [-0.15, -0.1) is 11.3 Å². The van der Waals surface area contributed by atoms with E-state index in [9.17, 15) is 0 Å². The third-order valence-corrected chi connectivity index (χ3v) is 6.03. The molecule has 0 N–H and O–H groups in total. The van der Waals surface area contributed by atoms with Crippen LogP contribution >= 0.6 is 11.3 Å². The molecule has 2 heterocycles. The van der Waals surface area contributed by atoms with Gasteiger partial charge in [0.2, 0.25) is 5.88 Å². The van der Waals surface area contributed by atoms with Crippen molar-refractivity contribution in [3.8, 4) is 17.1 Å². The minimum absolute atomic E-state index is 0.661. The number of benzene rings is 1. The molecule has 0 saturated heterocycles. The monoisotopic (exact) mass is 410 g/mol. The molecule has 2 aromatic heterocycles. The molecule has 0 aliphatic rings. The van der Waals surface area contributed by atoms with Crippen molar-refractivity contribution in [1.29, 1.82) is 0 Å². The fourth-order valence-electron chi connectivity index (χ4n) is 3.60. The van der Waals surface area contributed by atoms with Gasteiger partial charge in [0.15, 0.2) is 0 Å². The van der Waals surface area contributed by atoms with Crippen molar-refractivity contribution in [3.63, 3.8) is 0 Å². The lowest BCUT2D eigenvalue weighted by Gasteiger charge is -2.10. The van der Waals surface area contributed by atoms with Gasteiger partial charge in [-0.25, -0.2) is 9.97 Å². The van der Waals surface area contributed by atoms with Gasteiger partial charge in [-0.2, -0.15) is 0 Å². The summed E-state index contributed by atoms with van der Waals surface area (Å²) in [6.07, 6.45) is 14.7. The van der Waals surface area contributed by atoms with Gasteiger partial charge < -0.3 is 4.74 Å². The van der Waals surface area contributed by atoms with Crippen LogP contribution in [0.3, 0.4) is 0 Å². The van der Waals surface area contributed by atoms with Gasteiger partial charge in [0.05, 0.1) is 6.61 Å². The summed E-state index contributed by atoms with van der Waals surface area (Å²) in [5.41, 5.74) is 3.76. The zero-order chi connectivity index (χ0) is 20.2. The van der Waals surface area contributed by atoms with Crippen LogP contribution in [0.15, 0.2) is 41.1 Å². The molecule has 1 aromatic carbocycles. The van der Waals surface area contributed by atoms with Crippen LogP contribution in [-0.4, -0.2) is 16.6 Å². The van der Waals surface area contributed by atoms with E-state index in [0.29, 0.717) is 12.5 Å². The van der Waals surface area contributed by atoms with E-state index in [1.165, 1.54) is 64.2 Å². The number of rotatable bonds is 14. The second-order valence-electron chi connectivity index (χ2n) is 7.77. The first-order valence-electron chi connectivity index (χ1n) is 11.3. The highest BCUT2D eigenvalue weighted by Gasteiger charge is 2.12. The van der Waals surface area contributed by atoms with E-state index in [4.69, 9.17) is 14.7 Å². The maximum atomic E-state index is 6.08. The van der Waals surface area contributed by atoms with Crippen molar-refractivity contribution in [2.75, 3.05) is 6.61 Å². The highest BCUT2D eigenvalue weighted by molar-refractivity contribution is 7.09. The molecule has 0 spiro atoms. The summed E-state index contributed by atoms with van der Waals surface area (Å²) in [5.74, 6) is 0.661. The Morgan fingerprint density at radius 2 is 1.31 bits per heavy atom. The average molecular weight is 411 g/mol. The Morgan fingerprint density at radius 1 is 0.724 bits per heavy atom. The van der Waals surface area contributed by atoms with Crippen molar-refractivity contribution in [2.45, 2.75) is 77.6 Å². The maximum absolute atomic E-state index is 6.08. The predicted octanol–water partition coefficient (Wildman–Crippen LogP) is 8.05. The smallest absolute Gasteiger partial charge is 0.241 e. The third kappa shape index (κ3) is 7.11. The molecular weight excluding hydrogens is 376 g/mol. The van der Waals surface area contributed by atoms with E-state index < -0.39 is 0 Å². The largest absolute Gasteiger partial charge is 0.476 e. The molecule has 0 saturated carbocycles. The van der Waals surface area contributed by atoms with Crippen molar-refractivity contribution in [3.05, 3.63) is 41.1 Å². The number of thiophene rings is 1. The lowest BCUT2D eigenvalue weighted by atomic mass is 10.1. The molecule has 156 valence electrons. The molecule has 0 amide bonds. The Labute approximate surface area is 179 Å². The highest BCUT2D eigenvalue weighted by atomic mass is 32.1. The van der Waals surface area contributed by atoms with Gasteiger partial charge in [-0.05, 0) is 6.42 Å². The molecule has 0 bridgehead atoms. The van der Waals surface area contributed by atoms with Gasteiger partial charge in [-0.1, -0.05) is 101 Å². The summed E-state index contributed by atoms with van der Waals surface area (Å²) in [6.45, 7) is 2.99. The van der Waals surface area contributed by atoms with E-state index in [1.54, 1.807) is 11.3 Å². The summed E-state index contributed by atoms with van der Waals surface area (Å²) in [4.78, 5) is 9.53. The second kappa shape index (κ2) is 12.6. The molecule has 4 heteroatoms. The number of ether oxygens (including phenoxy) is 1. The summed E-state index contributed by atoms with van der Waals surface area (Å²) in [5, 5.41) is 4.08. The molecule has 3 rings (SSSR count). The molecule has 3 nitrogen and oxygen atoms in total. The summed E-state index contributed by atoms with van der Waals surface area (Å²) < 4.78 is 6.08. The van der Waals surface area contributed by atoms with E-state index >= 15 is 0 Å². The highest BCUT2D eigenvalue weighted by Crippen LogP contribution is 2.30. The number of unbranched alkanes of at least 4 members (excludes halogenated alkanes) is 10. The first-order valence-corrected chi connectivity index (χ1v) is 12.2. The average Bonchev–Trinajstić information content (AvgIpc) is 3.22. The normalized spacial score (nSPS) is 11.2. The molecule has 0 radical (unpaired) electrons. The quantitative estimate of drug-likeness (QED) is 0.252. The molecule has 3 aromatic rings. The fourth-order valence-corrected chi connectivity index (χ4v) is 4.27. The Balaban J connectivity index is 1.39. The first kappa shape index (κ1) is 21.8. The van der Waals surface area contributed by atoms with Gasteiger partial charge in [0.1, 0.15) is 16.7 Å². The van der Waals surface area contributed by atoms with Crippen molar-refractivity contribution < 1.29 is 4.74 Å². The maximum Gasteiger partial charge on any atom is 0.241 e. The fraction of sp³-hybridized carbons (Fsp3) is 0.520. The predicted molar refractivity (Wildman–Crippen MR) is 125 cm³/mol. The van der Waals surface area contributed by atoms with Crippen LogP contribution in [0.25, 0.3) is 22.3 Å². The Hall–Kier alpha value is -1.94. The molecule has 29 heavy (non-hydrogen) atoms. The zero-order valence-corrected chi connectivity index (χ0v) is 18.6. The lowest BCUT2D eigenvalue weighted by Crippen LogP contribution is -2.02.